The third kappa shape index (κ3) is 5.93. The molecule has 2 heterocycles. The van der Waals surface area contributed by atoms with Crippen molar-refractivity contribution < 1.29 is 19.1 Å². The van der Waals surface area contributed by atoms with Crippen LogP contribution in [0.15, 0.2) is 63.8 Å². The van der Waals surface area contributed by atoms with Crippen LogP contribution in [0.2, 0.25) is 0 Å². The van der Waals surface area contributed by atoms with Crippen LogP contribution in [-0.4, -0.2) is 41.7 Å². The molecule has 1 amide bonds. The molecule has 1 fully saturated rings. The molecule has 2 aromatic carbocycles. The maximum Gasteiger partial charge on any atom is 0.336 e. The van der Waals surface area contributed by atoms with Crippen molar-refractivity contribution in [1.82, 2.24) is 10.2 Å². The Hall–Kier alpha value is -3.16. The zero-order valence-corrected chi connectivity index (χ0v) is 17.3. The monoisotopic (exact) mass is 422 g/mol. The molecule has 1 saturated heterocycles. The summed E-state index contributed by atoms with van der Waals surface area (Å²) in [5, 5.41) is 13.2. The van der Waals surface area contributed by atoms with Crippen LogP contribution in [0, 0.1) is 0 Å². The molecule has 7 nitrogen and oxygen atoms in total. The van der Waals surface area contributed by atoms with Gasteiger partial charge in [-0.3, -0.25) is 9.69 Å². The number of nitrogens with one attached hydrogen (secondary N) is 1. The normalized spacial score (nSPS) is 15.1. The minimum atomic E-state index is -0.428. The predicted octanol–water partition coefficient (Wildman–Crippen LogP) is 2.44. The summed E-state index contributed by atoms with van der Waals surface area (Å²) < 4.78 is 10.6. The summed E-state index contributed by atoms with van der Waals surface area (Å²) >= 11 is 0. The van der Waals surface area contributed by atoms with Crippen LogP contribution in [0.1, 0.15) is 24.0 Å². The van der Waals surface area contributed by atoms with Gasteiger partial charge in [-0.25, -0.2) is 4.79 Å². The first kappa shape index (κ1) is 21.1. The Morgan fingerprint density at radius 2 is 1.77 bits per heavy atom. The van der Waals surface area contributed by atoms with E-state index in [-0.39, 0.29) is 18.6 Å². The number of likely N-dealkylation sites (tertiary alicyclic amines) is 1. The lowest BCUT2D eigenvalue weighted by molar-refractivity contribution is -0.123. The van der Waals surface area contributed by atoms with E-state index in [4.69, 9.17) is 9.15 Å². The molecular formula is C24H26N2O5. The van der Waals surface area contributed by atoms with Gasteiger partial charge in [0.2, 0.25) is 0 Å². The summed E-state index contributed by atoms with van der Waals surface area (Å²) in [7, 11) is 0. The number of piperidine rings is 1. The van der Waals surface area contributed by atoms with Crippen molar-refractivity contribution in [2.45, 2.75) is 32.0 Å². The second-order valence-electron chi connectivity index (χ2n) is 7.84. The molecule has 2 N–H and O–H groups in total. The minimum absolute atomic E-state index is 0.124. The molecule has 162 valence electrons. The van der Waals surface area contributed by atoms with E-state index in [1.165, 1.54) is 11.6 Å². The molecule has 7 heteroatoms. The maximum absolute atomic E-state index is 12.1. The van der Waals surface area contributed by atoms with Crippen LogP contribution >= 0.6 is 0 Å². The molecule has 1 aliphatic heterocycles. The molecule has 31 heavy (non-hydrogen) atoms. The van der Waals surface area contributed by atoms with Crippen LogP contribution in [0.25, 0.3) is 11.0 Å². The van der Waals surface area contributed by atoms with E-state index in [0.717, 1.165) is 43.4 Å². The number of nitrogens with zero attached hydrogens (tertiary/aromatic N) is 1. The highest BCUT2D eigenvalue weighted by atomic mass is 16.5. The molecule has 3 aromatic rings. The van der Waals surface area contributed by atoms with Crippen molar-refractivity contribution in [3.63, 3.8) is 0 Å². The SMILES string of the molecule is O=C(COc1ccc2ccc(=O)oc2c1)NCc1ccc(CN2CCC(O)CC2)cc1. The average molecular weight is 422 g/mol. The smallest absolute Gasteiger partial charge is 0.336 e. The summed E-state index contributed by atoms with van der Waals surface area (Å²) in [6, 6.07) is 16.3. The molecule has 0 spiro atoms. The van der Waals surface area contributed by atoms with Crippen LogP contribution in [0.3, 0.4) is 0 Å². The average Bonchev–Trinajstić information content (AvgIpc) is 2.78. The van der Waals surface area contributed by atoms with Gasteiger partial charge < -0.3 is 19.6 Å². The van der Waals surface area contributed by atoms with Gasteiger partial charge in [0.1, 0.15) is 11.3 Å². The van der Waals surface area contributed by atoms with Crippen LogP contribution in [0.4, 0.5) is 0 Å². The number of amides is 1. The molecule has 0 radical (unpaired) electrons. The Morgan fingerprint density at radius 3 is 2.55 bits per heavy atom. The highest BCUT2D eigenvalue weighted by Crippen LogP contribution is 2.19. The third-order valence-electron chi connectivity index (χ3n) is 5.44. The number of carbonyl (C=O) groups is 1. The van der Waals surface area contributed by atoms with Gasteiger partial charge in [0.05, 0.1) is 6.10 Å². The van der Waals surface area contributed by atoms with Gasteiger partial charge in [0.25, 0.3) is 5.91 Å². The number of aliphatic hydroxyl groups excluding tert-OH is 1. The van der Waals surface area contributed by atoms with Crippen LogP contribution < -0.4 is 15.7 Å². The third-order valence-corrected chi connectivity index (χ3v) is 5.44. The second-order valence-corrected chi connectivity index (χ2v) is 7.84. The minimum Gasteiger partial charge on any atom is -0.484 e. The van der Waals surface area contributed by atoms with E-state index in [2.05, 4.69) is 22.3 Å². The van der Waals surface area contributed by atoms with Crippen molar-refractivity contribution in [3.8, 4) is 5.75 Å². The Kier molecular flexibility index (Phi) is 6.64. The molecule has 0 bridgehead atoms. The molecule has 4 rings (SSSR count). The molecular weight excluding hydrogens is 396 g/mol. The number of hydrogen-bond donors (Lipinski definition) is 2. The summed E-state index contributed by atoms with van der Waals surface area (Å²) in [6.07, 6.45) is 1.51. The highest BCUT2D eigenvalue weighted by Gasteiger charge is 2.16. The Balaban J connectivity index is 1.23. The number of rotatable bonds is 7. The summed E-state index contributed by atoms with van der Waals surface area (Å²) in [5.41, 5.74) is 2.23. The molecule has 0 atom stereocenters. The van der Waals surface area contributed by atoms with Crippen LogP contribution in [-0.2, 0) is 17.9 Å². The standard InChI is InChI=1S/C24H26N2O5/c27-20-9-11-26(12-10-20)15-18-3-1-17(2-4-18)14-25-23(28)16-30-21-7-5-19-6-8-24(29)31-22(19)13-21/h1-8,13,20,27H,9-12,14-16H2,(H,25,28). The number of benzene rings is 2. The maximum atomic E-state index is 12.1. The molecule has 0 saturated carbocycles. The van der Waals surface area contributed by atoms with Gasteiger partial charge in [0.15, 0.2) is 6.61 Å². The quantitative estimate of drug-likeness (QED) is 0.569. The lowest BCUT2D eigenvalue weighted by atomic mass is 10.1. The lowest BCUT2D eigenvalue weighted by Gasteiger charge is -2.29. The topological polar surface area (TPSA) is 92.0 Å². The molecule has 1 aliphatic rings. The lowest BCUT2D eigenvalue weighted by Crippen LogP contribution is -2.35. The van der Waals surface area contributed by atoms with E-state index in [1.54, 1.807) is 24.3 Å². The number of ether oxygens (including phenoxy) is 1. The fourth-order valence-electron chi connectivity index (χ4n) is 3.63. The highest BCUT2D eigenvalue weighted by molar-refractivity contribution is 5.79. The summed E-state index contributed by atoms with van der Waals surface area (Å²) in [6.45, 7) is 3.01. The van der Waals surface area contributed by atoms with Crippen molar-refractivity contribution in [1.29, 1.82) is 0 Å². The summed E-state index contributed by atoms with van der Waals surface area (Å²) in [5.74, 6) is 0.233. The van der Waals surface area contributed by atoms with Gasteiger partial charge >= 0.3 is 5.63 Å². The van der Waals surface area contributed by atoms with E-state index in [0.29, 0.717) is 17.9 Å². The zero-order chi connectivity index (χ0) is 21.6. The van der Waals surface area contributed by atoms with E-state index < -0.39 is 5.63 Å². The number of fused-ring (bicyclic) bond motifs is 1. The molecule has 1 aromatic heterocycles. The van der Waals surface area contributed by atoms with E-state index >= 15 is 0 Å². The fourth-order valence-corrected chi connectivity index (χ4v) is 3.63. The largest absolute Gasteiger partial charge is 0.484 e. The number of carbonyl (C=O) groups excluding carboxylic acids is 1. The first-order valence-electron chi connectivity index (χ1n) is 10.5. The van der Waals surface area contributed by atoms with Gasteiger partial charge in [-0.1, -0.05) is 24.3 Å². The van der Waals surface area contributed by atoms with Crippen molar-refractivity contribution in [3.05, 3.63) is 76.1 Å². The number of aliphatic hydroxyl groups is 1. The van der Waals surface area contributed by atoms with E-state index in [1.807, 2.05) is 12.1 Å². The first-order valence-corrected chi connectivity index (χ1v) is 10.5. The number of hydrogen-bond acceptors (Lipinski definition) is 6. The van der Waals surface area contributed by atoms with Crippen LogP contribution in [0.5, 0.6) is 5.75 Å². The van der Waals surface area contributed by atoms with Crippen molar-refractivity contribution >= 4 is 16.9 Å². The van der Waals surface area contributed by atoms with E-state index in [9.17, 15) is 14.7 Å². The van der Waals surface area contributed by atoms with Gasteiger partial charge in [-0.15, -0.1) is 0 Å². The predicted molar refractivity (Wildman–Crippen MR) is 117 cm³/mol. The summed E-state index contributed by atoms with van der Waals surface area (Å²) in [4.78, 5) is 25.8. The Morgan fingerprint density at radius 1 is 1.06 bits per heavy atom. The van der Waals surface area contributed by atoms with Gasteiger partial charge in [-0.05, 0) is 42.2 Å². The zero-order valence-electron chi connectivity index (χ0n) is 17.3. The van der Waals surface area contributed by atoms with Crippen molar-refractivity contribution in [2.24, 2.45) is 0 Å². The van der Waals surface area contributed by atoms with Gasteiger partial charge in [-0.2, -0.15) is 0 Å². The molecule has 0 aliphatic carbocycles. The van der Waals surface area contributed by atoms with Gasteiger partial charge in [0, 0.05) is 43.7 Å². The Labute approximate surface area is 180 Å². The Bertz CT molecular complexity index is 1090. The second kappa shape index (κ2) is 9.76. The first-order chi connectivity index (χ1) is 15.0. The fraction of sp³-hybridized carbons (Fsp3) is 0.333. The van der Waals surface area contributed by atoms with Crippen molar-refractivity contribution in [2.75, 3.05) is 19.7 Å². The molecule has 0 unspecified atom stereocenters.